The van der Waals surface area contributed by atoms with Crippen molar-refractivity contribution in [3.8, 4) is 22.9 Å². The van der Waals surface area contributed by atoms with Gasteiger partial charge in [-0.1, -0.05) is 0 Å². The first-order valence-electron chi connectivity index (χ1n) is 5.78. The molecule has 18 heavy (non-hydrogen) atoms. The summed E-state index contributed by atoms with van der Waals surface area (Å²) in [6.45, 7) is 1.53. The predicted molar refractivity (Wildman–Crippen MR) is 65.3 cm³/mol. The first-order chi connectivity index (χ1) is 8.78. The van der Waals surface area contributed by atoms with Crippen LogP contribution < -0.4 is 15.2 Å². The van der Waals surface area contributed by atoms with Crippen molar-refractivity contribution in [2.24, 2.45) is 12.8 Å². The molecule has 1 aliphatic rings. The van der Waals surface area contributed by atoms with Gasteiger partial charge in [-0.3, -0.25) is 4.68 Å². The molecule has 1 aromatic carbocycles. The summed E-state index contributed by atoms with van der Waals surface area (Å²) in [6.07, 6.45) is 0. The van der Waals surface area contributed by atoms with E-state index in [1.54, 1.807) is 4.68 Å². The van der Waals surface area contributed by atoms with Gasteiger partial charge in [-0.05, 0) is 18.2 Å². The smallest absolute Gasteiger partial charge is 0.181 e. The number of aromatic nitrogens is 3. The maximum Gasteiger partial charge on any atom is 0.181 e. The number of hydrogen-bond donors (Lipinski definition) is 1. The summed E-state index contributed by atoms with van der Waals surface area (Å²) >= 11 is 0. The van der Waals surface area contributed by atoms with Gasteiger partial charge in [0, 0.05) is 12.6 Å². The van der Waals surface area contributed by atoms with Crippen LogP contribution >= 0.6 is 0 Å². The summed E-state index contributed by atoms with van der Waals surface area (Å²) in [4.78, 5) is 4.38. The van der Waals surface area contributed by atoms with Crippen molar-refractivity contribution in [2.45, 2.75) is 6.54 Å². The largest absolute Gasteiger partial charge is 0.486 e. The third-order valence-corrected chi connectivity index (χ3v) is 2.84. The molecule has 0 fully saturated rings. The van der Waals surface area contributed by atoms with Gasteiger partial charge in [0.1, 0.15) is 19.0 Å². The van der Waals surface area contributed by atoms with Crippen molar-refractivity contribution < 1.29 is 9.47 Å². The molecule has 0 radical (unpaired) electrons. The fourth-order valence-electron chi connectivity index (χ4n) is 1.90. The average molecular weight is 246 g/mol. The van der Waals surface area contributed by atoms with Gasteiger partial charge >= 0.3 is 0 Å². The molecule has 0 unspecified atom stereocenters. The minimum Gasteiger partial charge on any atom is -0.486 e. The molecule has 1 aromatic heterocycles. The summed E-state index contributed by atoms with van der Waals surface area (Å²) in [5.74, 6) is 2.90. The number of rotatable bonds is 2. The standard InChI is InChI=1S/C12H14N4O2/c1-16-11(7-13)14-12(15-16)8-2-3-9-10(6-8)18-5-4-17-9/h2-3,6H,4-5,7,13H2,1H3. The minimum absolute atomic E-state index is 0.369. The van der Waals surface area contributed by atoms with E-state index in [4.69, 9.17) is 15.2 Å². The summed E-state index contributed by atoms with van der Waals surface area (Å²) in [5, 5.41) is 4.33. The highest BCUT2D eigenvalue weighted by atomic mass is 16.6. The lowest BCUT2D eigenvalue weighted by atomic mass is 10.2. The lowest BCUT2D eigenvalue weighted by Gasteiger charge is -2.18. The minimum atomic E-state index is 0.369. The summed E-state index contributed by atoms with van der Waals surface area (Å²) in [6, 6.07) is 5.69. The maximum absolute atomic E-state index is 5.58. The lowest BCUT2D eigenvalue weighted by molar-refractivity contribution is 0.171. The Morgan fingerprint density at radius 1 is 1.28 bits per heavy atom. The van der Waals surface area contributed by atoms with Crippen molar-refractivity contribution in [3.05, 3.63) is 24.0 Å². The normalized spacial score (nSPS) is 13.7. The second kappa shape index (κ2) is 4.30. The van der Waals surface area contributed by atoms with Crippen LogP contribution in [0, 0.1) is 0 Å². The van der Waals surface area contributed by atoms with Gasteiger partial charge in [-0.15, -0.1) is 0 Å². The molecule has 0 aliphatic carbocycles. The number of fused-ring (bicyclic) bond motifs is 1. The molecule has 0 spiro atoms. The molecule has 6 heteroatoms. The Hall–Kier alpha value is -2.08. The van der Waals surface area contributed by atoms with Crippen LogP contribution in [-0.4, -0.2) is 28.0 Å². The van der Waals surface area contributed by atoms with E-state index < -0.39 is 0 Å². The third kappa shape index (κ3) is 1.80. The number of aryl methyl sites for hydroxylation is 1. The molecule has 0 amide bonds. The first-order valence-corrected chi connectivity index (χ1v) is 5.78. The first kappa shape index (κ1) is 11.0. The molecule has 0 saturated heterocycles. The maximum atomic E-state index is 5.58. The lowest BCUT2D eigenvalue weighted by Crippen LogP contribution is -2.15. The molecule has 94 valence electrons. The second-order valence-electron chi connectivity index (χ2n) is 4.04. The molecule has 0 bridgehead atoms. The quantitative estimate of drug-likeness (QED) is 0.844. The van der Waals surface area contributed by atoms with Gasteiger partial charge in [-0.2, -0.15) is 5.10 Å². The van der Waals surface area contributed by atoms with E-state index in [-0.39, 0.29) is 0 Å². The number of hydrogen-bond acceptors (Lipinski definition) is 5. The van der Waals surface area contributed by atoms with E-state index in [1.165, 1.54) is 0 Å². The highest BCUT2D eigenvalue weighted by molar-refractivity contribution is 5.61. The Balaban J connectivity index is 2.00. The van der Waals surface area contributed by atoms with Crippen LogP contribution in [0.1, 0.15) is 5.82 Å². The Labute approximate surface area is 104 Å². The van der Waals surface area contributed by atoms with Crippen LogP contribution in [-0.2, 0) is 13.6 Å². The molecular weight excluding hydrogens is 232 g/mol. The molecule has 2 N–H and O–H groups in total. The molecule has 1 aliphatic heterocycles. The van der Waals surface area contributed by atoms with Crippen molar-refractivity contribution >= 4 is 0 Å². The van der Waals surface area contributed by atoms with Gasteiger partial charge in [0.2, 0.25) is 0 Å². The van der Waals surface area contributed by atoms with Gasteiger partial charge in [0.25, 0.3) is 0 Å². The Kier molecular flexibility index (Phi) is 2.64. The topological polar surface area (TPSA) is 75.2 Å². The van der Waals surface area contributed by atoms with Crippen LogP contribution in [0.4, 0.5) is 0 Å². The van der Waals surface area contributed by atoms with Gasteiger partial charge in [-0.25, -0.2) is 4.98 Å². The number of nitrogens with two attached hydrogens (primary N) is 1. The number of benzene rings is 1. The molecular formula is C12H14N4O2. The van der Waals surface area contributed by atoms with Gasteiger partial charge in [0.15, 0.2) is 17.3 Å². The zero-order valence-electron chi connectivity index (χ0n) is 10.1. The number of nitrogens with zero attached hydrogens (tertiary/aromatic N) is 3. The van der Waals surface area contributed by atoms with Crippen LogP contribution in [0.5, 0.6) is 11.5 Å². The summed E-state index contributed by atoms with van der Waals surface area (Å²) < 4.78 is 12.7. The fourth-order valence-corrected chi connectivity index (χ4v) is 1.90. The second-order valence-corrected chi connectivity index (χ2v) is 4.04. The van der Waals surface area contributed by atoms with Crippen molar-refractivity contribution in [1.29, 1.82) is 0 Å². The van der Waals surface area contributed by atoms with Crippen molar-refractivity contribution in [3.63, 3.8) is 0 Å². The molecule has 2 aromatic rings. The number of ether oxygens (including phenoxy) is 2. The highest BCUT2D eigenvalue weighted by Crippen LogP contribution is 2.33. The van der Waals surface area contributed by atoms with Crippen LogP contribution in [0.2, 0.25) is 0 Å². The van der Waals surface area contributed by atoms with E-state index in [2.05, 4.69) is 10.1 Å². The molecule has 6 nitrogen and oxygen atoms in total. The fraction of sp³-hybridized carbons (Fsp3) is 0.333. The molecule has 0 saturated carbocycles. The van der Waals surface area contributed by atoms with Gasteiger partial charge in [0.05, 0.1) is 6.54 Å². The summed E-state index contributed by atoms with van der Waals surface area (Å²) in [5.41, 5.74) is 6.48. The van der Waals surface area contributed by atoms with E-state index >= 15 is 0 Å². The molecule has 3 rings (SSSR count). The molecule has 2 heterocycles. The van der Waals surface area contributed by atoms with Crippen LogP contribution in [0.25, 0.3) is 11.4 Å². The Morgan fingerprint density at radius 2 is 2.06 bits per heavy atom. The van der Waals surface area contributed by atoms with E-state index in [9.17, 15) is 0 Å². The van der Waals surface area contributed by atoms with E-state index in [0.29, 0.717) is 25.6 Å². The van der Waals surface area contributed by atoms with Crippen LogP contribution in [0.3, 0.4) is 0 Å². The third-order valence-electron chi connectivity index (χ3n) is 2.84. The SMILES string of the molecule is Cn1nc(-c2ccc3c(c2)OCCO3)nc1CN. The zero-order chi connectivity index (χ0) is 12.5. The monoisotopic (exact) mass is 246 g/mol. The van der Waals surface area contributed by atoms with E-state index in [1.807, 2.05) is 25.2 Å². The van der Waals surface area contributed by atoms with Crippen molar-refractivity contribution in [2.75, 3.05) is 13.2 Å². The van der Waals surface area contributed by atoms with Gasteiger partial charge < -0.3 is 15.2 Å². The van der Waals surface area contributed by atoms with Crippen molar-refractivity contribution in [1.82, 2.24) is 14.8 Å². The predicted octanol–water partition coefficient (Wildman–Crippen LogP) is 0.712. The van der Waals surface area contributed by atoms with E-state index in [0.717, 1.165) is 22.9 Å². The Bertz CT molecular complexity index is 579. The van der Waals surface area contributed by atoms with Crippen LogP contribution in [0.15, 0.2) is 18.2 Å². The Morgan fingerprint density at radius 3 is 2.78 bits per heavy atom. The molecule has 0 atom stereocenters. The highest BCUT2D eigenvalue weighted by Gasteiger charge is 2.15. The summed E-state index contributed by atoms with van der Waals surface area (Å²) in [7, 11) is 1.83. The zero-order valence-corrected chi connectivity index (χ0v) is 10.1. The average Bonchev–Trinajstić information content (AvgIpc) is 2.79.